The molecule has 0 saturated heterocycles. The van der Waals surface area contributed by atoms with E-state index in [1.165, 1.54) is 11.2 Å². The van der Waals surface area contributed by atoms with Crippen molar-refractivity contribution < 1.29 is 19.1 Å². The van der Waals surface area contributed by atoms with Gasteiger partial charge in [-0.1, -0.05) is 6.92 Å². The summed E-state index contributed by atoms with van der Waals surface area (Å²) in [4.78, 5) is 23.6. The number of furan rings is 1. The molecule has 1 aromatic heterocycles. The summed E-state index contributed by atoms with van der Waals surface area (Å²) in [6.45, 7) is 2.09. The van der Waals surface area contributed by atoms with Gasteiger partial charge < -0.3 is 19.7 Å². The monoisotopic (exact) mass is 240 g/mol. The highest BCUT2D eigenvalue weighted by Crippen LogP contribution is 2.01. The van der Waals surface area contributed by atoms with Crippen LogP contribution in [-0.4, -0.2) is 35.6 Å². The van der Waals surface area contributed by atoms with Crippen molar-refractivity contribution in [3.05, 3.63) is 24.2 Å². The fourth-order valence-corrected chi connectivity index (χ4v) is 1.28. The second kappa shape index (κ2) is 5.93. The van der Waals surface area contributed by atoms with Crippen molar-refractivity contribution in [2.75, 3.05) is 13.6 Å². The number of carbonyl (C=O) groups excluding carboxylic acids is 1. The molecule has 1 unspecified atom stereocenters. The largest absolute Gasteiger partial charge is 0.481 e. The number of carbonyl (C=O) groups is 2. The number of amides is 2. The van der Waals surface area contributed by atoms with Gasteiger partial charge in [-0.15, -0.1) is 0 Å². The standard InChI is InChI=1S/C11H16N2O4/c1-8(10(14)15)6-13(2)11(16)12-5-9-3-4-17-7-9/h3-4,7-8H,5-6H2,1-2H3,(H,12,16)(H,14,15). The maximum atomic E-state index is 11.6. The van der Waals surface area contributed by atoms with E-state index in [-0.39, 0.29) is 12.6 Å². The zero-order valence-corrected chi connectivity index (χ0v) is 9.84. The van der Waals surface area contributed by atoms with E-state index in [0.29, 0.717) is 6.54 Å². The van der Waals surface area contributed by atoms with Gasteiger partial charge in [-0.05, 0) is 6.07 Å². The lowest BCUT2D eigenvalue weighted by Crippen LogP contribution is -2.40. The summed E-state index contributed by atoms with van der Waals surface area (Å²) in [5.74, 6) is -1.50. The van der Waals surface area contributed by atoms with Crippen molar-refractivity contribution in [3.8, 4) is 0 Å². The number of rotatable bonds is 5. The minimum Gasteiger partial charge on any atom is -0.481 e. The number of urea groups is 1. The van der Waals surface area contributed by atoms with Crippen LogP contribution in [0.2, 0.25) is 0 Å². The minimum atomic E-state index is -0.917. The Morgan fingerprint density at radius 3 is 2.82 bits per heavy atom. The highest BCUT2D eigenvalue weighted by molar-refractivity contribution is 5.75. The maximum absolute atomic E-state index is 11.6. The zero-order valence-electron chi connectivity index (χ0n) is 9.84. The Balaban J connectivity index is 2.34. The van der Waals surface area contributed by atoms with Crippen LogP contribution in [0.1, 0.15) is 12.5 Å². The molecular weight excluding hydrogens is 224 g/mol. The van der Waals surface area contributed by atoms with Crippen molar-refractivity contribution >= 4 is 12.0 Å². The lowest BCUT2D eigenvalue weighted by molar-refractivity contribution is -0.141. The normalized spacial score (nSPS) is 11.9. The second-order valence-corrected chi connectivity index (χ2v) is 3.91. The van der Waals surface area contributed by atoms with Gasteiger partial charge in [0.1, 0.15) is 0 Å². The molecule has 0 aliphatic rings. The molecule has 1 aromatic rings. The number of nitrogens with zero attached hydrogens (tertiary/aromatic N) is 1. The number of hydrogen-bond acceptors (Lipinski definition) is 3. The molecular formula is C11H16N2O4. The third kappa shape index (κ3) is 4.18. The van der Waals surface area contributed by atoms with E-state index in [2.05, 4.69) is 5.32 Å². The van der Waals surface area contributed by atoms with Gasteiger partial charge in [0, 0.05) is 25.7 Å². The summed E-state index contributed by atoms with van der Waals surface area (Å²) in [6, 6.07) is 1.44. The summed E-state index contributed by atoms with van der Waals surface area (Å²) >= 11 is 0. The highest BCUT2D eigenvalue weighted by atomic mass is 16.4. The van der Waals surface area contributed by atoms with Crippen LogP contribution in [0.15, 0.2) is 23.0 Å². The van der Waals surface area contributed by atoms with E-state index in [9.17, 15) is 9.59 Å². The first-order valence-electron chi connectivity index (χ1n) is 5.23. The van der Waals surface area contributed by atoms with Gasteiger partial charge in [0.15, 0.2) is 0 Å². The van der Waals surface area contributed by atoms with E-state index < -0.39 is 11.9 Å². The first kappa shape index (κ1) is 13.1. The smallest absolute Gasteiger partial charge is 0.317 e. The van der Waals surface area contributed by atoms with Crippen molar-refractivity contribution in [3.63, 3.8) is 0 Å². The van der Waals surface area contributed by atoms with Crippen molar-refractivity contribution in [1.82, 2.24) is 10.2 Å². The van der Waals surface area contributed by atoms with E-state index in [1.54, 1.807) is 26.3 Å². The first-order chi connectivity index (χ1) is 8.00. The van der Waals surface area contributed by atoms with Gasteiger partial charge in [-0.2, -0.15) is 0 Å². The van der Waals surface area contributed by atoms with Gasteiger partial charge in [-0.3, -0.25) is 4.79 Å². The van der Waals surface area contributed by atoms with Crippen LogP contribution in [0, 0.1) is 5.92 Å². The molecule has 0 bridgehead atoms. The Morgan fingerprint density at radius 1 is 1.59 bits per heavy atom. The summed E-state index contributed by atoms with van der Waals surface area (Å²) in [5.41, 5.74) is 0.859. The maximum Gasteiger partial charge on any atom is 0.317 e. The Morgan fingerprint density at radius 2 is 2.29 bits per heavy atom. The second-order valence-electron chi connectivity index (χ2n) is 3.91. The molecule has 2 amide bonds. The van der Waals surface area contributed by atoms with Crippen LogP contribution in [0.3, 0.4) is 0 Å². The van der Waals surface area contributed by atoms with Gasteiger partial charge in [0.2, 0.25) is 0 Å². The molecule has 6 heteroatoms. The Hall–Kier alpha value is -1.98. The Kier molecular flexibility index (Phi) is 4.56. The highest BCUT2D eigenvalue weighted by Gasteiger charge is 2.16. The molecule has 1 heterocycles. The topological polar surface area (TPSA) is 82.8 Å². The molecule has 0 spiro atoms. The molecule has 6 nitrogen and oxygen atoms in total. The lowest BCUT2D eigenvalue weighted by Gasteiger charge is -2.19. The van der Waals surface area contributed by atoms with E-state index in [0.717, 1.165) is 5.56 Å². The summed E-state index contributed by atoms with van der Waals surface area (Å²) < 4.78 is 4.86. The molecule has 0 fully saturated rings. The van der Waals surface area contributed by atoms with Gasteiger partial charge in [0.05, 0.1) is 18.4 Å². The predicted octanol–water partition coefficient (Wildman–Crippen LogP) is 1.14. The molecule has 2 N–H and O–H groups in total. The molecule has 1 atom stereocenters. The molecule has 94 valence electrons. The fraction of sp³-hybridized carbons (Fsp3) is 0.455. The van der Waals surface area contributed by atoms with E-state index >= 15 is 0 Å². The number of hydrogen-bond donors (Lipinski definition) is 2. The molecule has 0 saturated carbocycles. The molecule has 0 aliphatic heterocycles. The Labute approximate surface area is 99.2 Å². The fourth-order valence-electron chi connectivity index (χ4n) is 1.28. The first-order valence-corrected chi connectivity index (χ1v) is 5.23. The quantitative estimate of drug-likeness (QED) is 0.808. The number of aliphatic carboxylic acids is 1. The van der Waals surface area contributed by atoms with Crippen molar-refractivity contribution in [1.29, 1.82) is 0 Å². The van der Waals surface area contributed by atoms with Gasteiger partial charge in [0.25, 0.3) is 0 Å². The van der Waals surface area contributed by atoms with E-state index in [1.807, 2.05) is 0 Å². The number of carboxylic acids is 1. The number of nitrogens with one attached hydrogen (secondary N) is 1. The minimum absolute atomic E-state index is 0.173. The molecule has 0 aliphatic carbocycles. The van der Waals surface area contributed by atoms with Crippen molar-refractivity contribution in [2.24, 2.45) is 5.92 Å². The van der Waals surface area contributed by atoms with Gasteiger partial charge in [-0.25, -0.2) is 4.79 Å². The Bertz CT molecular complexity index is 375. The molecule has 1 rings (SSSR count). The number of carboxylic acid groups (broad SMARTS) is 1. The lowest BCUT2D eigenvalue weighted by atomic mass is 10.2. The summed E-state index contributed by atoms with van der Waals surface area (Å²) in [5, 5.41) is 11.4. The molecule has 0 radical (unpaired) electrons. The third-order valence-electron chi connectivity index (χ3n) is 2.34. The van der Waals surface area contributed by atoms with Crippen molar-refractivity contribution in [2.45, 2.75) is 13.5 Å². The van der Waals surface area contributed by atoms with Gasteiger partial charge >= 0.3 is 12.0 Å². The van der Waals surface area contributed by atoms with Crippen LogP contribution >= 0.6 is 0 Å². The zero-order chi connectivity index (χ0) is 12.8. The summed E-state index contributed by atoms with van der Waals surface area (Å²) in [7, 11) is 1.56. The van der Waals surface area contributed by atoms with Crippen LogP contribution in [0.4, 0.5) is 4.79 Å². The molecule has 0 aromatic carbocycles. The summed E-state index contributed by atoms with van der Waals surface area (Å²) in [6.07, 6.45) is 3.07. The predicted molar refractivity (Wildman–Crippen MR) is 60.4 cm³/mol. The van der Waals surface area contributed by atoms with Crippen LogP contribution in [0.5, 0.6) is 0 Å². The third-order valence-corrected chi connectivity index (χ3v) is 2.34. The van der Waals surface area contributed by atoms with Crippen LogP contribution < -0.4 is 5.32 Å². The van der Waals surface area contributed by atoms with E-state index in [4.69, 9.17) is 9.52 Å². The average Bonchev–Trinajstić information content (AvgIpc) is 2.78. The average molecular weight is 240 g/mol. The van der Waals surface area contributed by atoms with Crippen LogP contribution in [-0.2, 0) is 11.3 Å². The SMILES string of the molecule is CC(CN(C)C(=O)NCc1ccoc1)C(=O)O. The van der Waals surface area contributed by atoms with Crippen LogP contribution in [0.25, 0.3) is 0 Å². The molecule has 17 heavy (non-hydrogen) atoms.